The molecule has 4 rings (SSSR count). The van der Waals surface area contributed by atoms with Crippen molar-refractivity contribution in [3.63, 3.8) is 0 Å². The maximum absolute atomic E-state index is 12.7. The highest BCUT2D eigenvalue weighted by Gasteiger charge is 2.20. The van der Waals surface area contributed by atoms with Gasteiger partial charge < -0.3 is 19.0 Å². The molecule has 29 heavy (non-hydrogen) atoms. The van der Waals surface area contributed by atoms with Crippen molar-refractivity contribution in [3.05, 3.63) is 54.2 Å². The number of hydrogen-bond donors (Lipinski definition) is 0. The minimum atomic E-state index is 0.145. The lowest BCUT2D eigenvalue weighted by Crippen LogP contribution is -2.42. The SMILES string of the molecule is CCc1nc(N(CCC(=O)N2CCOCC2)Cc2ccco2)c2ccccc2n1. The zero-order chi connectivity index (χ0) is 20.1. The zero-order valence-electron chi connectivity index (χ0n) is 16.7. The first-order chi connectivity index (χ1) is 14.2. The van der Waals surface area contributed by atoms with Gasteiger partial charge in [0.25, 0.3) is 0 Å². The summed E-state index contributed by atoms with van der Waals surface area (Å²) in [6.45, 7) is 5.69. The van der Waals surface area contributed by atoms with E-state index in [1.807, 2.05) is 48.2 Å². The number of rotatable bonds is 7. The van der Waals surface area contributed by atoms with Gasteiger partial charge in [-0.25, -0.2) is 9.97 Å². The van der Waals surface area contributed by atoms with Crippen LogP contribution in [0.5, 0.6) is 0 Å². The molecule has 0 N–H and O–H groups in total. The number of aryl methyl sites for hydroxylation is 1. The first-order valence-corrected chi connectivity index (χ1v) is 10.1. The zero-order valence-corrected chi connectivity index (χ0v) is 16.7. The highest BCUT2D eigenvalue weighted by atomic mass is 16.5. The van der Waals surface area contributed by atoms with Crippen molar-refractivity contribution in [1.29, 1.82) is 0 Å². The van der Waals surface area contributed by atoms with Crippen LogP contribution in [0.15, 0.2) is 47.1 Å². The molecule has 1 aliphatic rings. The van der Waals surface area contributed by atoms with Crippen LogP contribution in [0, 0.1) is 0 Å². The Morgan fingerprint density at radius 3 is 2.72 bits per heavy atom. The van der Waals surface area contributed by atoms with Gasteiger partial charge in [0.15, 0.2) is 0 Å². The maximum atomic E-state index is 12.7. The van der Waals surface area contributed by atoms with Gasteiger partial charge in [-0.15, -0.1) is 0 Å². The number of aromatic nitrogens is 2. The van der Waals surface area contributed by atoms with E-state index in [0.29, 0.717) is 45.8 Å². The Kier molecular flexibility index (Phi) is 6.05. The average Bonchev–Trinajstić information content (AvgIpc) is 3.29. The minimum Gasteiger partial charge on any atom is -0.467 e. The average molecular weight is 394 g/mol. The van der Waals surface area contributed by atoms with Crippen molar-refractivity contribution in [2.24, 2.45) is 0 Å². The van der Waals surface area contributed by atoms with Crippen molar-refractivity contribution in [3.8, 4) is 0 Å². The number of nitrogens with zero attached hydrogens (tertiary/aromatic N) is 4. The van der Waals surface area contributed by atoms with Crippen LogP contribution in [0.4, 0.5) is 5.82 Å². The van der Waals surface area contributed by atoms with Gasteiger partial charge in [-0.05, 0) is 24.3 Å². The summed E-state index contributed by atoms with van der Waals surface area (Å²) in [4.78, 5) is 26.2. The first kappa shape index (κ1) is 19.4. The van der Waals surface area contributed by atoms with Gasteiger partial charge in [-0.1, -0.05) is 19.1 Å². The van der Waals surface area contributed by atoms with E-state index in [2.05, 4.69) is 9.88 Å². The lowest BCUT2D eigenvalue weighted by Gasteiger charge is -2.29. The number of carbonyl (C=O) groups is 1. The fourth-order valence-electron chi connectivity index (χ4n) is 3.56. The third-order valence-corrected chi connectivity index (χ3v) is 5.13. The molecule has 0 unspecified atom stereocenters. The molecule has 152 valence electrons. The molecule has 0 atom stereocenters. The normalized spacial score (nSPS) is 14.3. The standard InChI is InChI=1S/C22H26N4O3/c1-2-20-23-19-8-4-3-7-18(19)22(24-20)26(16-17-6-5-13-29-17)10-9-21(27)25-11-14-28-15-12-25/h3-8,13H,2,9-12,14-16H2,1H3. The van der Waals surface area contributed by atoms with Crippen LogP contribution < -0.4 is 4.90 Å². The second-order valence-electron chi connectivity index (χ2n) is 7.08. The predicted octanol–water partition coefficient (Wildman–Crippen LogP) is 3.04. The van der Waals surface area contributed by atoms with Crippen LogP contribution in [0.25, 0.3) is 10.9 Å². The van der Waals surface area contributed by atoms with Crippen LogP contribution in [0.2, 0.25) is 0 Å². The van der Waals surface area contributed by atoms with Gasteiger partial charge in [0, 0.05) is 37.9 Å². The molecule has 7 nitrogen and oxygen atoms in total. The molecule has 0 spiro atoms. The number of benzene rings is 1. The molecule has 1 aromatic carbocycles. The highest BCUT2D eigenvalue weighted by Crippen LogP contribution is 2.26. The fourth-order valence-corrected chi connectivity index (χ4v) is 3.56. The summed E-state index contributed by atoms with van der Waals surface area (Å²) in [7, 11) is 0. The number of fused-ring (bicyclic) bond motifs is 1. The Hall–Kier alpha value is -2.93. The third kappa shape index (κ3) is 4.56. The molecule has 3 heterocycles. The largest absolute Gasteiger partial charge is 0.467 e. The van der Waals surface area contributed by atoms with E-state index < -0.39 is 0 Å². The van der Waals surface area contributed by atoms with Gasteiger partial charge in [0.1, 0.15) is 17.4 Å². The second-order valence-corrected chi connectivity index (χ2v) is 7.08. The van der Waals surface area contributed by atoms with Gasteiger partial charge in [-0.2, -0.15) is 0 Å². The number of morpholine rings is 1. The van der Waals surface area contributed by atoms with Crippen molar-refractivity contribution < 1.29 is 13.9 Å². The van der Waals surface area contributed by atoms with Crippen LogP contribution in [-0.4, -0.2) is 53.6 Å². The molecule has 0 bridgehead atoms. The van der Waals surface area contributed by atoms with Gasteiger partial charge in [0.05, 0.1) is 31.5 Å². The number of anilines is 1. The highest BCUT2D eigenvalue weighted by molar-refractivity contribution is 5.89. The smallest absolute Gasteiger partial charge is 0.224 e. The van der Waals surface area contributed by atoms with E-state index in [-0.39, 0.29) is 5.91 Å². The molecule has 0 radical (unpaired) electrons. The van der Waals surface area contributed by atoms with E-state index in [1.54, 1.807) is 6.26 Å². The van der Waals surface area contributed by atoms with Crippen LogP contribution in [0.1, 0.15) is 24.9 Å². The van der Waals surface area contributed by atoms with Crippen LogP contribution >= 0.6 is 0 Å². The van der Waals surface area contributed by atoms with Crippen molar-refractivity contribution in [2.75, 3.05) is 37.7 Å². The lowest BCUT2D eigenvalue weighted by atomic mass is 10.2. The molecular formula is C22H26N4O3. The van der Waals surface area contributed by atoms with Gasteiger partial charge in [-0.3, -0.25) is 4.79 Å². The molecule has 1 amide bonds. The van der Waals surface area contributed by atoms with Crippen LogP contribution in [-0.2, 0) is 22.5 Å². The molecule has 0 saturated carbocycles. The lowest BCUT2D eigenvalue weighted by molar-refractivity contribution is -0.135. The number of furan rings is 1. The Balaban J connectivity index is 1.62. The van der Waals surface area contributed by atoms with Crippen molar-refractivity contribution >= 4 is 22.6 Å². The summed E-state index contributed by atoms with van der Waals surface area (Å²) in [6.07, 6.45) is 2.83. The number of carbonyl (C=O) groups excluding carboxylic acids is 1. The van der Waals surface area contributed by atoms with E-state index >= 15 is 0 Å². The maximum Gasteiger partial charge on any atom is 0.224 e. The molecule has 1 aliphatic heterocycles. The summed E-state index contributed by atoms with van der Waals surface area (Å²) in [5, 5.41) is 0.982. The summed E-state index contributed by atoms with van der Waals surface area (Å²) in [5.41, 5.74) is 0.915. The number of ether oxygens (including phenoxy) is 1. The van der Waals surface area contributed by atoms with E-state index in [9.17, 15) is 4.79 Å². The van der Waals surface area contributed by atoms with E-state index in [0.717, 1.165) is 34.7 Å². The van der Waals surface area contributed by atoms with Gasteiger partial charge >= 0.3 is 0 Å². The van der Waals surface area contributed by atoms with Crippen LogP contribution in [0.3, 0.4) is 0 Å². The Morgan fingerprint density at radius 2 is 1.97 bits per heavy atom. The molecule has 3 aromatic rings. The second kappa shape index (κ2) is 9.05. The molecule has 0 aliphatic carbocycles. The van der Waals surface area contributed by atoms with Crippen molar-refractivity contribution in [1.82, 2.24) is 14.9 Å². The summed E-state index contributed by atoms with van der Waals surface area (Å²) in [6, 6.07) is 11.8. The predicted molar refractivity (Wildman–Crippen MR) is 111 cm³/mol. The Labute approximate surface area is 170 Å². The van der Waals surface area contributed by atoms with Crippen molar-refractivity contribution in [2.45, 2.75) is 26.3 Å². The molecule has 1 saturated heterocycles. The monoisotopic (exact) mass is 394 g/mol. The molecule has 2 aromatic heterocycles. The third-order valence-electron chi connectivity index (χ3n) is 5.13. The molecule has 1 fully saturated rings. The first-order valence-electron chi connectivity index (χ1n) is 10.1. The summed E-state index contributed by atoms with van der Waals surface area (Å²) < 4.78 is 10.9. The topological polar surface area (TPSA) is 71.7 Å². The summed E-state index contributed by atoms with van der Waals surface area (Å²) >= 11 is 0. The number of amides is 1. The minimum absolute atomic E-state index is 0.145. The molecule has 7 heteroatoms. The van der Waals surface area contributed by atoms with E-state index in [4.69, 9.17) is 14.1 Å². The number of hydrogen-bond acceptors (Lipinski definition) is 6. The fraction of sp³-hybridized carbons (Fsp3) is 0.409. The summed E-state index contributed by atoms with van der Waals surface area (Å²) in [5.74, 6) is 2.62. The van der Waals surface area contributed by atoms with Gasteiger partial charge in [0.2, 0.25) is 5.91 Å². The Morgan fingerprint density at radius 1 is 1.14 bits per heavy atom. The Bertz CT molecular complexity index is 952. The molecular weight excluding hydrogens is 368 g/mol. The quantitative estimate of drug-likeness (QED) is 0.613. The number of para-hydroxylation sites is 1. The van der Waals surface area contributed by atoms with E-state index in [1.165, 1.54) is 0 Å².